The lowest BCUT2D eigenvalue weighted by Crippen LogP contribution is -2.51. The SMILES string of the molecule is Cn1nc(N2CCC(=O)NC2=O)c2ccc(C3CCN(C(=O)OC(C)(C)C)CC3(C)F)cc21. The van der Waals surface area contributed by atoms with Crippen molar-refractivity contribution in [3.63, 3.8) is 0 Å². The molecule has 33 heavy (non-hydrogen) atoms. The largest absolute Gasteiger partial charge is 0.444 e. The van der Waals surface area contributed by atoms with Crippen molar-refractivity contribution in [2.75, 3.05) is 24.5 Å². The highest BCUT2D eigenvalue weighted by molar-refractivity contribution is 6.08. The Morgan fingerprint density at radius 2 is 2.00 bits per heavy atom. The number of carbonyl (C=O) groups excluding carboxylic acids is 3. The van der Waals surface area contributed by atoms with E-state index in [0.717, 1.165) is 16.5 Å². The minimum Gasteiger partial charge on any atom is -0.444 e. The maximum absolute atomic E-state index is 15.8. The van der Waals surface area contributed by atoms with Crippen LogP contribution < -0.4 is 10.2 Å². The zero-order valence-corrected chi connectivity index (χ0v) is 19.6. The Balaban J connectivity index is 1.58. The first-order valence-electron chi connectivity index (χ1n) is 11.1. The summed E-state index contributed by atoms with van der Waals surface area (Å²) in [4.78, 5) is 39.1. The number of anilines is 1. The zero-order valence-electron chi connectivity index (χ0n) is 19.6. The van der Waals surface area contributed by atoms with Crippen LogP contribution in [0.15, 0.2) is 18.2 Å². The highest BCUT2D eigenvalue weighted by Crippen LogP contribution is 2.41. The van der Waals surface area contributed by atoms with Crippen LogP contribution in [0.4, 0.5) is 19.8 Å². The number of halogens is 1. The number of likely N-dealkylation sites (tertiary alicyclic amines) is 1. The number of hydrogen-bond acceptors (Lipinski definition) is 5. The highest BCUT2D eigenvalue weighted by Gasteiger charge is 2.43. The lowest BCUT2D eigenvalue weighted by Gasteiger charge is -2.41. The summed E-state index contributed by atoms with van der Waals surface area (Å²) in [6, 6.07) is 5.09. The number of nitrogens with one attached hydrogen (secondary N) is 1. The molecular weight excluding hydrogens is 429 g/mol. The average molecular weight is 460 g/mol. The van der Waals surface area contributed by atoms with Crippen molar-refractivity contribution in [2.45, 2.75) is 57.7 Å². The van der Waals surface area contributed by atoms with Gasteiger partial charge in [-0.2, -0.15) is 5.10 Å². The number of carbonyl (C=O) groups is 3. The fraction of sp³-hybridized carbons (Fsp3) is 0.565. The molecule has 178 valence electrons. The average Bonchev–Trinajstić information content (AvgIpc) is 3.01. The second-order valence-electron chi connectivity index (χ2n) is 10.00. The molecule has 1 aromatic carbocycles. The molecule has 2 atom stereocenters. The van der Waals surface area contributed by atoms with Crippen LogP contribution in [0.2, 0.25) is 0 Å². The first-order chi connectivity index (χ1) is 15.4. The lowest BCUT2D eigenvalue weighted by molar-refractivity contribution is -0.120. The molecule has 3 heterocycles. The van der Waals surface area contributed by atoms with E-state index in [1.165, 1.54) is 16.7 Å². The van der Waals surface area contributed by atoms with Crippen LogP contribution >= 0.6 is 0 Å². The van der Waals surface area contributed by atoms with Gasteiger partial charge in [-0.25, -0.2) is 14.0 Å². The maximum atomic E-state index is 15.8. The van der Waals surface area contributed by atoms with Gasteiger partial charge in [0.25, 0.3) is 0 Å². The molecule has 2 saturated heterocycles. The van der Waals surface area contributed by atoms with Gasteiger partial charge in [-0.3, -0.25) is 19.7 Å². The van der Waals surface area contributed by atoms with Crippen LogP contribution in [-0.2, 0) is 16.6 Å². The Kier molecular flexibility index (Phi) is 5.58. The van der Waals surface area contributed by atoms with E-state index >= 15 is 4.39 Å². The van der Waals surface area contributed by atoms with Gasteiger partial charge in [0.2, 0.25) is 5.91 Å². The maximum Gasteiger partial charge on any atom is 0.410 e. The molecule has 2 aromatic rings. The van der Waals surface area contributed by atoms with Gasteiger partial charge in [0.15, 0.2) is 5.82 Å². The van der Waals surface area contributed by atoms with Gasteiger partial charge in [0.05, 0.1) is 12.1 Å². The number of alkyl halides is 1. The molecule has 2 aliphatic rings. The quantitative estimate of drug-likeness (QED) is 0.742. The number of urea groups is 1. The Hall–Kier alpha value is -3.17. The molecule has 0 spiro atoms. The van der Waals surface area contributed by atoms with E-state index in [0.29, 0.717) is 18.8 Å². The number of nitrogens with zero attached hydrogens (tertiary/aromatic N) is 4. The van der Waals surface area contributed by atoms with Crippen LogP contribution in [-0.4, -0.2) is 63.6 Å². The minimum absolute atomic E-state index is 0.0523. The summed E-state index contributed by atoms with van der Waals surface area (Å²) in [7, 11) is 1.77. The van der Waals surface area contributed by atoms with Crippen LogP contribution in [0, 0.1) is 0 Å². The van der Waals surface area contributed by atoms with Crippen LogP contribution in [0.5, 0.6) is 0 Å². The van der Waals surface area contributed by atoms with E-state index in [9.17, 15) is 14.4 Å². The van der Waals surface area contributed by atoms with E-state index in [4.69, 9.17) is 4.74 Å². The number of hydrogen-bond donors (Lipinski definition) is 1. The third-order valence-electron chi connectivity index (χ3n) is 6.13. The van der Waals surface area contributed by atoms with E-state index < -0.39 is 29.3 Å². The first-order valence-corrected chi connectivity index (χ1v) is 11.1. The van der Waals surface area contributed by atoms with Crippen LogP contribution in [0.3, 0.4) is 0 Å². The topological polar surface area (TPSA) is 96.8 Å². The molecule has 1 aromatic heterocycles. The number of imide groups is 1. The second-order valence-corrected chi connectivity index (χ2v) is 10.00. The van der Waals surface area contributed by atoms with Gasteiger partial charge >= 0.3 is 12.1 Å². The van der Waals surface area contributed by atoms with Crippen molar-refractivity contribution in [1.82, 2.24) is 20.0 Å². The lowest BCUT2D eigenvalue weighted by atomic mass is 9.79. The summed E-state index contributed by atoms with van der Waals surface area (Å²) in [5, 5.41) is 7.55. The van der Waals surface area contributed by atoms with Gasteiger partial charge in [-0.1, -0.05) is 6.07 Å². The monoisotopic (exact) mass is 459 g/mol. The Morgan fingerprint density at radius 1 is 1.27 bits per heavy atom. The number of piperidine rings is 1. The molecule has 9 nitrogen and oxygen atoms in total. The predicted molar refractivity (Wildman–Crippen MR) is 121 cm³/mol. The Morgan fingerprint density at radius 3 is 2.64 bits per heavy atom. The molecular formula is C23H30FN5O4. The van der Waals surface area contributed by atoms with E-state index in [2.05, 4.69) is 10.4 Å². The summed E-state index contributed by atoms with van der Waals surface area (Å²) in [6.45, 7) is 7.48. The van der Waals surface area contributed by atoms with Crippen molar-refractivity contribution in [1.29, 1.82) is 0 Å². The van der Waals surface area contributed by atoms with E-state index in [1.54, 1.807) is 32.5 Å². The van der Waals surface area contributed by atoms with Crippen molar-refractivity contribution >= 4 is 34.8 Å². The number of fused-ring (bicyclic) bond motifs is 1. The molecule has 4 amide bonds. The number of rotatable bonds is 2. The predicted octanol–water partition coefficient (Wildman–Crippen LogP) is 3.47. The molecule has 1 N–H and O–H groups in total. The highest BCUT2D eigenvalue weighted by atomic mass is 19.1. The van der Waals surface area contributed by atoms with E-state index in [1.807, 2.05) is 18.2 Å². The zero-order chi connectivity index (χ0) is 24.1. The summed E-state index contributed by atoms with van der Waals surface area (Å²) in [5.41, 5.74) is -0.708. The molecule has 0 radical (unpaired) electrons. The summed E-state index contributed by atoms with van der Waals surface area (Å²) < 4.78 is 22.9. The van der Waals surface area contributed by atoms with Crippen LogP contribution in [0.1, 0.15) is 52.0 Å². The smallest absolute Gasteiger partial charge is 0.410 e. The standard InChI is InChI=1S/C23H30FN5O4/c1-22(2,3)33-21(32)28-10-8-16(23(4,24)13-28)14-6-7-15-17(12-14)27(5)26-19(15)29-11-9-18(30)25-20(29)31/h6-7,12,16H,8-11,13H2,1-5H3,(H,25,30,31). The number of aryl methyl sites for hydroxylation is 1. The fourth-order valence-electron chi connectivity index (χ4n) is 4.58. The Bertz CT molecular complexity index is 1120. The van der Waals surface area contributed by atoms with Crippen LogP contribution in [0.25, 0.3) is 10.9 Å². The minimum atomic E-state index is -1.64. The summed E-state index contributed by atoms with van der Waals surface area (Å²) in [5.74, 6) is -0.250. The van der Waals surface area contributed by atoms with E-state index in [-0.39, 0.29) is 25.4 Å². The summed E-state index contributed by atoms with van der Waals surface area (Å²) >= 11 is 0. The van der Waals surface area contributed by atoms with Gasteiger partial charge < -0.3 is 9.64 Å². The molecule has 2 aliphatic heterocycles. The molecule has 4 rings (SSSR count). The molecule has 0 aliphatic carbocycles. The van der Waals surface area contributed by atoms with Gasteiger partial charge in [0.1, 0.15) is 11.3 Å². The third-order valence-corrected chi connectivity index (χ3v) is 6.13. The normalized spacial score (nSPS) is 24.2. The van der Waals surface area contributed by atoms with Gasteiger partial charge in [-0.05, 0) is 51.8 Å². The van der Waals surface area contributed by atoms with Crippen molar-refractivity contribution in [3.8, 4) is 0 Å². The number of ether oxygens (including phenoxy) is 1. The van der Waals surface area contributed by atoms with Gasteiger partial charge in [-0.15, -0.1) is 0 Å². The number of aromatic nitrogens is 2. The third kappa shape index (κ3) is 4.51. The molecule has 0 saturated carbocycles. The molecule has 2 fully saturated rings. The Labute approximate surface area is 191 Å². The molecule has 2 unspecified atom stereocenters. The van der Waals surface area contributed by atoms with Crippen molar-refractivity contribution in [2.24, 2.45) is 7.05 Å². The molecule has 0 bridgehead atoms. The van der Waals surface area contributed by atoms with Crippen molar-refractivity contribution < 1.29 is 23.5 Å². The number of benzene rings is 1. The fourth-order valence-corrected chi connectivity index (χ4v) is 4.58. The van der Waals surface area contributed by atoms with Crippen molar-refractivity contribution in [3.05, 3.63) is 23.8 Å². The first kappa shape index (κ1) is 23.0. The summed E-state index contributed by atoms with van der Waals surface area (Å²) in [6.07, 6.45) is 0.159. The number of amides is 4. The second kappa shape index (κ2) is 8.00. The van der Waals surface area contributed by atoms with Gasteiger partial charge in [0, 0.05) is 37.9 Å². The molecule has 10 heteroatoms.